The summed E-state index contributed by atoms with van der Waals surface area (Å²) in [7, 11) is 0. The normalized spacial score (nSPS) is 15.8. The van der Waals surface area contributed by atoms with Crippen molar-refractivity contribution in [2.24, 2.45) is 5.41 Å². The van der Waals surface area contributed by atoms with E-state index in [1.807, 2.05) is 19.9 Å². The topological polar surface area (TPSA) is 60.4 Å². The summed E-state index contributed by atoms with van der Waals surface area (Å²) in [5, 5.41) is 0. The third kappa shape index (κ3) is 2.99. The monoisotopic (exact) mass is 363 g/mol. The molecule has 0 fully saturated rings. The average molecular weight is 363 g/mol. The van der Waals surface area contributed by atoms with Gasteiger partial charge < -0.3 is 4.74 Å². The van der Waals surface area contributed by atoms with E-state index < -0.39 is 28.6 Å². The molecule has 0 atom stereocenters. The Balaban J connectivity index is 2.18. The van der Waals surface area contributed by atoms with E-state index in [1.165, 1.54) is 0 Å². The van der Waals surface area contributed by atoms with Gasteiger partial charge >= 0.3 is 5.97 Å². The zero-order valence-corrected chi connectivity index (χ0v) is 16.3. The molecule has 27 heavy (non-hydrogen) atoms. The first-order valence-electron chi connectivity index (χ1n) is 9.03. The van der Waals surface area contributed by atoms with Crippen LogP contribution < -0.4 is 0 Å². The number of hydrogen-bond acceptors (Lipinski definition) is 4. The second kappa shape index (κ2) is 6.45. The highest BCUT2D eigenvalue weighted by Crippen LogP contribution is 2.42. The molecular weight excluding hydrogens is 340 g/mol. The molecule has 1 radical (unpaired) electrons. The summed E-state index contributed by atoms with van der Waals surface area (Å²) in [5.74, 6) is -1.38. The summed E-state index contributed by atoms with van der Waals surface area (Å²) in [6.07, 6.45) is 0. The highest BCUT2D eigenvalue weighted by atomic mass is 16.6. The van der Waals surface area contributed by atoms with Crippen LogP contribution in [0.2, 0.25) is 0 Å². The van der Waals surface area contributed by atoms with Crippen molar-refractivity contribution in [3.63, 3.8) is 0 Å². The first kappa shape index (κ1) is 19.0. The van der Waals surface area contributed by atoms with Crippen LogP contribution in [0.15, 0.2) is 42.5 Å². The maximum atomic E-state index is 13.3. The summed E-state index contributed by atoms with van der Waals surface area (Å²) >= 11 is 0. The molecule has 2 aromatic carbocycles. The van der Waals surface area contributed by atoms with Crippen molar-refractivity contribution in [1.29, 1.82) is 0 Å². The van der Waals surface area contributed by atoms with Crippen LogP contribution in [-0.2, 0) is 15.1 Å². The fourth-order valence-electron chi connectivity index (χ4n) is 3.06. The lowest BCUT2D eigenvalue weighted by atomic mass is 9.86. The fourth-order valence-corrected chi connectivity index (χ4v) is 3.06. The molecule has 0 unspecified atom stereocenters. The fraction of sp³-hybridized carbons (Fsp3) is 0.348. The number of ether oxygens (including phenoxy) is 1. The van der Waals surface area contributed by atoms with Crippen molar-refractivity contribution in [2.75, 3.05) is 0 Å². The van der Waals surface area contributed by atoms with Gasteiger partial charge in [-0.05, 0) is 38.3 Å². The van der Waals surface area contributed by atoms with Crippen LogP contribution in [0.5, 0.6) is 0 Å². The Morgan fingerprint density at radius 1 is 1.00 bits per heavy atom. The summed E-state index contributed by atoms with van der Waals surface area (Å²) in [4.78, 5) is 39.3. The number of carbonyl (C=O) groups is 3. The van der Waals surface area contributed by atoms with Gasteiger partial charge in [0, 0.05) is 16.7 Å². The molecule has 4 heteroatoms. The lowest BCUT2D eigenvalue weighted by Crippen LogP contribution is -2.45. The van der Waals surface area contributed by atoms with Crippen LogP contribution in [0.1, 0.15) is 72.4 Å². The minimum atomic E-state index is -2.01. The van der Waals surface area contributed by atoms with Crippen molar-refractivity contribution >= 4 is 17.5 Å². The summed E-state index contributed by atoms with van der Waals surface area (Å²) in [6.45, 7) is 9.14. The molecule has 2 aromatic rings. The molecule has 0 aliphatic heterocycles. The van der Waals surface area contributed by atoms with E-state index in [2.05, 4.69) is 6.07 Å². The Kier molecular flexibility index (Phi) is 4.54. The van der Waals surface area contributed by atoms with E-state index in [-0.39, 0.29) is 22.6 Å². The molecule has 0 spiro atoms. The van der Waals surface area contributed by atoms with E-state index >= 15 is 0 Å². The van der Waals surface area contributed by atoms with Gasteiger partial charge in [-0.15, -0.1) is 0 Å². The molecule has 0 aromatic heterocycles. The summed E-state index contributed by atoms with van der Waals surface area (Å²) < 4.78 is 5.69. The highest BCUT2D eigenvalue weighted by Gasteiger charge is 2.58. The number of Topliss-reactive ketones (excluding diaryl/α,β-unsaturated/α-hetero) is 2. The lowest BCUT2D eigenvalue weighted by Gasteiger charge is -2.30. The Labute approximate surface area is 159 Å². The molecule has 0 amide bonds. The standard InChI is InChI=1S/C23H23O4/c1-14(2)15-10-12-16(13-11-15)23(27-21(26)22(3,4)5)19(24)17-8-6-7-9-18(17)20(23)25/h6-12,14H,1-5H3. The first-order valence-corrected chi connectivity index (χ1v) is 9.03. The van der Waals surface area contributed by atoms with Gasteiger partial charge in [-0.25, -0.2) is 0 Å². The van der Waals surface area contributed by atoms with Gasteiger partial charge in [0.15, 0.2) is 0 Å². The maximum absolute atomic E-state index is 13.3. The maximum Gasteiger partial charge on any atom is 0.313 e. The second-order valence-electron chi connectivity index (χ2n) is 8.21. The Bertz CT molecular complexity index is 879. The van der Waals surface area contributed by atoms with E-state index in [0.717, 1.165) is 5.56 Å². The average Bonchev–Trinajstić information content (AvgIpc) is 2.84. The van der Waals surface area contributed by atoms with Crippen molar-refractivity contribution in [3.8, 4) is 0 Å². The van der Waals surface area contributed by atoms with Crippen molar-refractivity contribution in [2.45, 2.75) is 46.1 Å². The molecule has 139 valence electrons. The number of esters is 1. The van der Waals surface area contributed by atoms with Gasteiger partial charge in [0.25, 0.3) is 5.60 Å². The Morgan fingerprint density at radius 3 is 1.96 bits per heavy atom. The molecule has 0 heterocycles. The largest absolute Gasteiger partial charge is 0.437 e. The van der Waals surface area contributed by atoms with Crippen LogP contribution in [-0.4, -0.2) is 17.5 Å². The zero-order chi connectivity index (χ0) is 20.0. The van der Waals surface area contributed by atoms with Crippen molar-refractivity contribution in [3.05, 3.63) is 70.8 Å². The highest BCUT2D eigenvalue weighted by molar-refractivity contribution is 6.32. The van der Waals surface area contributed by atoms with Crippen molar-refractivity contribution in [1.82, 2.24) is 0 Å². The number of carbonyl (C=O) groups excluding carboxylic acids is 3. The molecule has 0 saturated carbocycles. The minimum absolute atomic E-state index is 0.260. The molecule has 0 saturated heterocycles. The van der Waals surface area contributed by atoms with Crippen LogP contribution in [0.4, 0.5) is 0 Å². The van der Waals surface area contributed by atoms with Gasteiger partial charge in [-0.1, -0.05) is 56.3 Å². The first-order chi connectivity index (χ1) is 12.6. The Hall–Kier alpha value is -2.75. The Morgan fingerprint density at radius 2 is 1.56 bits per heavy atom. The van der Waals surface area contributed by atoms with E-state index in [9.17, 15) is 14.4 Å². The zero-order valence-electron chi connectivity index (χ0n) is 16.3. The van der Waals surface area contributed by atoms with E-state index in [4.69, 9.17) is 4.74 Å². The number of benzene rings is 2. The quantitative estimate of drug-likeness (QED) is 0.596. The van der Waals surface area contributed by atoms with Crippen molar-refractivity contribution < 1.29 is 19.1 Å². The predicted octanol–water partition coefficient (Wildman–Crippen LogP) is 4.47. The number of hydrogen-bond donors (Lipinski definition) is 0. The number of rotatable bonds is 3. The molecule has 0 N–H and O–H groups in total. The van der Waals surface area contributed by atoms with Gasteiger partial charge in [0.1, 0.15) is 0 Å². The van der Waals surface area contributed by atoms with E-state index in [0.29, 0.717) is 0 Å². The summed E-state index contributed by atoms with van der Waals surface area (Å²) in [6, 6.07) is 14.8. The molecule has 1 aliphatic rings. The van der Waals surface area contributed by atoms with Gasteiger partial charge in [-0.3, -0.25) is 14.4 Å². The molecular formula is C23H23O4. The molecule has 1 aliphatic carbocycles. The lowest BCUT2D eigenvalue weighted by molar-refractivity contribution is -0.162. The van der Waals surface area contributed by atoms with Gasteiger partial charge in [0.05, 0.1) is 5.41 Å². The van der Waals surface area contributed by atoms with Crippen LogP contribution in [0.3, 0.4) is 0 Å². The van der Waals surface area contributed by atoms with Crippen LogP contribution >= 0.6 is 0 Å². The third-order valence-corrected chi connectivity index (χ3v) is 4.80. The van der Waals surface area contributed by atoms with E-state index in [1.54, 1.807) is 57.2 Å². The smallest absolute Gasteiger partial charge is 0.313 e. The second-order valence-corrected chi connectivity index (χ2v) is 8.21. The third-order valence-electron chi connectivity index (χ3n) is 4.80. The molecule has 3 rings (SSSR count). The van der Waals surface area contributed by atoms with Gasteiger partial charge in [0.2, 0.25) is 11.6 Å². The number of fused-ring (bicyclic) bond motifs is 1. The predicted molar refractivity (Wildman–Crippen MR) is 102 cm³/mol. The van der Waals surface area contributed by atoms with Crippen LogP contribution in [0.25, 0.3) is 0 Å². The molecule has 4 nitrogen and oxygen atoms in total. The van der Waals surface area contributed by atoms with Gasteiger partial charge in [-0.2, -0.15) is 0 Å². The van der Waals surface area contributed by atoms with Crippen LogP contribution in [0, 0.1) is 11.5 Å². The number of ketones is 2. The minimum Gasteiger partial charge on any atom is -0.437 e. The summed E-state index contributed by atoms with van der Waals surface area (Å²) in [5.41, 5.74) is -1.05. The molecule has 0 bridgehead atoms. The SMILES string of the molecule is CC(C)c1c[c]c(C2(OC(=O)C(C)(C)C)C(=O)c3ccccc3C2=O)cc1.